The number of benzene rings is 2. The van der Waals surface area contributed by atoms with Crippen LogP contribution < -0.4 is 10.0 Å². The Bertz CT molecular complexity index is 1100. The highest BCUT2D eigenvalue weighted by Crippen LogP contribution is 2.20. The molecule has 176 valence electrons. The smallest absolute Gasteiger partial charge is 0.0593 e. The summed E-state index contributed by atoms with van der Waals surface area (Å²) in [4.78, 5) is 0. The van der Waals surface area contributed by atoms with E-state index in [1.807, 2.05) is 85.3 Å². The van der Waals surface area contributed by atoms with Crippen LogP contribution in [0.4, 0.5) is 11.4 Å². The van der Waals surface area contributed by atoms with E-state index in [1.165, 1.54) is 0 Å². The van der Waals surface area contributed by atoms with E-state index in [4.69, 9.17) is 10.2 Å². The van der Waals surface area contributed by atoms with Crippen LogP contribution in [0.15, 0.2) is 143 Å². The predicted molar refractivity (Wildman–Crippen MR) is 151 cm³/mol. The average molecular weight is 461 g/mol. The van der Waals surface area contributed by atoms with Crippen LogP contribution in [-0.2, 0) is 0 Å². The van der Waals surface area contributed by atoms with Gasteiger partial charge >= 0.3 is 0 Å². The van der Waals surface area contributed by atoms with Gasteiger partial charge < -0.3 is 0 Å². The zero-order valence-corrected chi connectivity index (χ0v) is 20.1. The molecule has 0 saturated heterocycles. The molecule has 0 unspecified atom stereocenters. The highest BCUT2D eigenvalue weighted by Gasteiger charge is 2.08. The number of hydrogen-bond acceptors (Lipinski definition) is 4. The third-order valence-corrected chi connectivity index (χ3v) is 5.91. The largest absolute Gasteiger partial charge is 0.266 e. The maximum atomic E-state index is 4.77. The van der Waals surface area contributed by atoms with Crippen LogP contribution in [0.25, 0.3) is 0 Å². The second kappa shape index (κ2) is 12.3. The number of hydrazone groups is 2. The van der Waals surface area contributed by atoms with Gasteiger partial charge in [0, 0.05) is 24.2 Å². The van der Waals surface area contributed by atoms with Crippen molar-refractivity contribution in [2.75, 3.05) is 23.1 Å². The van der Waals surface area contributed by atoms with Gasteiger partial charge in [-0.05, 0) is 54.7 Å². The van der Waals surface area contributed by atoms with E-state index in [1.54, 1.807) is 0 Å². The lowest BCUT2D eigenvalue weighted by Gasteiger charge is -2.21. The number of nitrogens with zero attached hydrogens (tertiary/aromatic N) is 4. The van der Waals surface area contributed by atoms with Gasteiger partial charge in [0.05, 0.1) is 23.8 Å². The van der Waals surface area contributed by atoms with Crippen LogP contribution in [0.2, 0.25) is 0 Å². The van der Waals surface area contributed by atoms with Crippen molar-refractivity contribution in [2.45, 2.75) is 19.3 Å². The van der Waals surface area contributed by atoms with E-state index in [0.717, 1.165) is 66.0 Å². The Morgan fingerprint density at radius 2 is 1.03 bits per heavy atom. The van der Waals surface area contributed by atoms with Crippen molar-refractivity contribution in [2.24, 2.45) is 10.2 Å². The van der Waals surface area contributed by atoms with Gasteiger partial charge in [0.1, 0.15) is 0 Å². The maximum absolute atomic E-state index is 4.77. The second-order valence-electron chi connectivity index (χ2n) is 8.48. The van der Waals surface area contributed by atoms with Gasteiger partial charge in [0.25, 0.3) is 0 Å². The first kappa shape index (κ1) is 24.0. The molecule has 2 aromatic carbocycles. The second-order valence-corrected chi connectivity index (χ2v) is 8.48. The lowest BCUT2D eigenvalue weighted by atomic mass is 10.2. The molecule has 4 rings (SSSR count). The quantitative estimate of drug-likeness (QED) is 0.190. The highest BCUT2D eigenvalue weighted by molar-refractivity contribution is 5.89. The molecule has 0 bridgehead atoms. The standard InChI is InChI=1S/C31H32N4/c1-26-14-12-16-28(26)24-32-34(30-18-6-3-7-19-30)22-10-5-11-23-35(31-20-8-4-9-21-31)33-25-29-17-13-15-27(29)2/h3-4,6-9,12-21,24-25H,1-2,5,10-11,22-23H2/b32-24+,33-25+. The third-order valence-electron chi connectivity index (χ3n) is 5.91. The first-order valence-electron chi connectivity index (χ1n) is 12.1. The molecule has 0 aromatic heterocycles. The molecule has 0 atom stereocenters. The molecule has 0 radical (unpaired) electrons. The molecule has 4 heteroatoms. The maximum Gasteiger partial charge on any atom is 0.0593 e. The lowest BCUT2D eigenvalue weighted by molar-refractivity contribution is 0.648. The normalized spacial score (nSPS) is 14.9. The Labute approximate surface area is 209 Å². The van der Waals surface area contributed by atoms with Crippen molar-refractivity contribution in [1.29, 1.82) is 0 Å². The van der Waals surface area contributed by atoms with Gasteiger partial charge in [0.2, 0.25) is 0 Å². The Kier molecular flexibility index (Phi) is 8.44. The minimum absolute atomic E-state index is 0.848. The molecule has 2 aliphatic rings. The van der Waals surface area contributed by atoms with Crippen molar-refractivity contribution in [3.63, 3.8) is 0 Å². The average Bonchev–Trinajstić information content (AvgIpc) is 3.50. The molecule has 2 aliphatic carbocycles. The molecule has 0 spiro atoms. The number of rotatable bonds is 12. The van der Waals surface area contributed by atoms with Crippen molar-refractivity contribution >= 4 is 23.8 Å². The monoisotopic (exact) mass is 460 g/mol. The Morgan fingerprint density at radius 3 is 1.40 bits per heavy atom. The minimum Gasteiger partial charge on any atom is -0.266 e. The van der Waals surface area contributed by atoms with Gasteiger partial charge in [-0.15, -0.1) is 0 Å². The van der Waals surface area contributed by atoms with Crippen LogP contribution in [-0.4, -0.2) is 25.5 Å². The summed E-state index contributed by atoms with van der Waals surface area (Å²) in [7, 11) is 0. The number of allylic oxidation sites excluding steroid dienone is 10. The highest BCUT2D eigenvalue weighted by atomic mass is 15.5. The summed E-state index contributed by atoms with van der Waals surface area (Å²) < 4.78 is 0. The fourth-order valence-electron chi connectivity index (χ4n) is 3.87. The number of unbranched alkanes of at least 4 members (excludes halogenated alkanes) is 2. The Balaban J connectivity index is 1.33. The summed E-state index contributed by atoms with van der Waals surface area (Å²) in [6, 6.07) is 20.6. The Morgan fingerprint density at radius 1 is 0.600 bits per heavy atom. The SMILES string of the molecule is C=C1C=CC=C1/C=N/N(CCCCCN(/N=C/C1=CC=CC1=C)c1ccccc1)c1ccccc1. The van der Waals surface area contributed by atoms with E-state index < -0.39 is 0 Å². The van der Waals surface area contributed by atoms with Crippen LogP contribution in [0, 0.1) is 0 Å². The van der Waals surface area contributed by atoms with Crippen molar-refractivity contribution in [3.8, 4) is 0 Å². The molecule has 0 heterocycles. The van der Waals surface area contributed by atoms with Crippen LogP contribution in [0.1, 0.15) is 19.3 Å². The number of anilines is 2. The van der Waals surface area contributed by atoms with Gasteiger partial charge in [-0.25, -0.2) is 0 Å². The molecule has 0 aliphatic heterocycles. The number of para-hydroxylation sites is 2. The third kappa shape index (κ3) is 6.90. The molecular formula is C31H32N4. The summed E-state index contributed by atoms with van der Waals surface area (Å²) in [5.74, 6) is 0. The van der Waals surface area contributed by atoms with E-state index in [2.05, 4.69) is 47.4 Å². The van der Waals surface area contributed by atoms with Crippen LogP contribution in [0.5, 0.6) is 0 Å². The van der Waals surface area contributed by atoms with Crippen molar-refractivity contribution in [3.05, 3.63) is 133 Å². The van der Waals surface area contributed by atoms with Crippen LogP contribution in [0.3, 0.4) is 0 Å². The molecule has 0 amide bonds. The number of hydrogen-bond donors (Lipinski definition) is 0. The van der Waals surface area contributed by atoms with Gasteiger partial charge in [-0.1, -0.05) is 86.0 Å². The van der Waals surface area contributed by atoms with E-state index in [9.17, 15) is 0 Å². The van der Waals surface area contributed by atoms with E-state index in [-0.39, 0.29) is 0 Å². The fraction of sp³-hybridized carbons (Fsp3) is 0.161. The zero-order chi connectivity index (χ0) is 24.3. The van der Waals surface area contributed by atoms with Gasteiger partial charge in [-0.3, -0.25) is 10.0 Å². The molecule has 35 heavy (non-hydrogen) atoms. The summed E-state index contributed by atoms with van der Waals surface area (Å²) in [5.41, 5.74) is 6.28. The van der Waals surface area contributed by atoms with Gasteiger partial charge in [0.15, 0.2) is 0 Å². The van der Waals surface area contributed by atoms with Crippen LogP contribution >= 0.6 is 0 Å². The fourth-order valence-corrected chi connectivity index (χ4v) is 3.87. The molecule has 0 fully saturated rings. The molecular weight excluding hydrogens is 428 g/mol. The summed E-state index contributed by atoms with van der Waals surface area (Å²) >= 11 is 0. The summed E-state index contributed by atoms with van der Waals surface area (Å²) in [5, 5.41) is 13.7. The summed E-state index contributed by atoms with van der Waals surface area (Å²) in [6.45, 7) is 9.83. The predicted octanol–water partition coefficient (Wildman–Crippen LogP) is 7.25. The van der Waals surface area contributed by atoms with E-state index in [0.29, 0.717) is 0 Å². The molecule has 0 saturated carbocycles. The first-order chi connectivity index (χ1) is 17.2. The van der Waals surface area contributed by atoms with E-state index >= 15 is 0 Å². The minimum atomic E-state index is 0.848. The van der Waals surface area contributed by atoms with Crippen molar-refractivity contribution < 1.29 is 0 Å². The molecule has 2 aromatic rings. The Hall–Kier alpha value is -4.18. The first-order valence-corrected chi connectivity index (χ1v) is 12.1. The van der Waals surface area contributed by atoms with Crippen molar-refractivity contribution in [1.82, 2.24) is 0 Å². The summed E-state index contributed by atoms with van der Waals surface area (Å²) in [6.07, 6.45) is 19.1. The molecule has 4 nitrogen and oxygen atoms in total. The lowest BCUT2D eigenvalue weighted by Crippen LogP contribution is -2.20. The van der Waals surface area contributed by atoms with Gasteiger partial charge in [-0.2, -0.15) is 10.2 Å². The topological polar surface area (TPSA) is 31.2 Å². The molecule has 0 N–H and O–H groups in total. The zero-order valence-electron chi connectivity index (χ0n) is 20.1.